The Morgan fingerprint density at radius 2 is 1.62 bits per heavy atom. The molecule has 5 aromatic rings. The Kier molecular flexibility index (Phi) is 8.63. The Labute approximate surface area is 266 Å². The molecule has 1 atom stereocenters. The fourth-order valence-corrected chi connectivity index (χ4v) is 6.77. The van der Waals surface area contributed by atoms with Crippen LogP contribution in [-0.4, -0.2) is 32.1 Å². The van der Waals surface area contributed by atoms with E-state index in [9.17, 15) is 24.2 Å². The molecule has 8 nitrogen and oxygen atoms in total. The molecule has 4 aromatic carbocycles. The number of amides is 1. The first-order chi connectivity index (χ1) is 21.8. The van der Waals surface area contributed by atoms with E-state index in [1.807, 2.05) is 31.2 Å². The second-order valence-corrected chi connectivity index (χ2v) is 12.4. The van der Waals surface area contributed by atoms with Gasteiger partial charge < -0.3 is 14.9 Å². The lowest BCUT2D eigenvalue weighted by Gasteiger charge is -2.22. The van der Waals surface area contributed by atoms with Gasteiger partial charge >= 0.3 is 5.91 Å². The zero-order valence-electron chi connectivity index (χ0n) is 23.9. The summed E-state index contributed by atoms with van der Waals surface area (Å²) in [6, 6.07) is 25.9. The second kappa shape index (κ2) is 12.9. The number of aryl methyl sites for hydroxylation is 1. The van der Waals surface area contributed by atoms with Gasteiger partial charge in [-0.2, -0.15) is 0 Å². The largest absolute Gasteiger partial charge is 0.508 e. The fraction of sp³-hybridized carbons (Fsp3) is 0.118. The molecule has 1 amide bonds. The Hall–Kier alpha value is -5.00. The maximum atomic E-state index is 14.1. The van der Waals surface area contributed by atoms with Gasteiger partial charge in [-0.3, -0.25) is 14.5 Å². The highest BCUT2D eigenvalue weighted by molar-refractivity contribution is 8.00. The van der Waals surface area contributed by atoms with Crippen molar-refractivity contribution in [3.05, 3.63) is 136 Å². The lowest BCUT2D eigenvalue weighted by molar-refractivity contribution is -0.132. The summed E-state index contributed by atoms with van der Waals surface area (Å²) in [5.41, 5.74) is 3.31. The summed E-state index contributed by atoms with van der Waals surface area (Å²) in [4.78, 5) is 28.2. The molecule has 2 N–H and O–H groups in total. The average Bonchev–Trinajstić information content (AvgIpc) is 3.62. The number of phenolic OH excluding ortho intramolecular Hbond substituents is 1. The van der Waals surface area contributed by atoms with Crippen molar-refractivity contribution in [2.24, 2.45) is 0 Å². The van der Waals surface area contributed by atoms with Crippen LogP contribution in [0.1, 0.15) is 33.9 Å². The molecule has 1 aromatic heterocycles. The van der Waals surface area contributed by atoms with Crippen molar-refractivity contribution in [2.75, 3.05) is 4.90 Å². The van der Waals surface area contributed by atoms with Gasteiger partial charge in [0.25, 0.3) is 5.78 Å². The van der Waals surface area contributed by atoms with E-state index in [0.29, 0.717) is 39.1 Å². The molecular weight excluding hydrogens is 614 g/mol. The summed E-state index contributed by atoms with van der Waals surface area (Å²) < 4.78 is 20.5. The van der Waals surface area contributed by atoms with Gasteiger partial charge in [0.1, 0.15) is 29.7 Å². The number of halogens is 1. The lowest BCUT2D eigenvalue weighted by atomic mass is 9.95. The van der Waals surface area contributed by atoms with E-state index in [1.54, 1.807) is 54.6 Å². The van der Waals surface area contributed by atoms with Gasteiger partial charge in [0, 0.05) is 11.3 Å². The van der Waals surface area contributed by atoms with E-state index >= 15 is 0 Å². The van der Waals surface area contributed by atoms with Crippen molar-refractivity contribution < 1.29 is 28.9 Å². The zero-order valence-corrected chi connectivity index (χ0v) is 25.5. The standard InChI is InChI=1S/C34H26FN3O5S2/c1-20-6-2-3-7-23(20)18-43-26-16-12-22(13-17-26)30(40)28-29(21-10-14-25(39)15-11-21)38(32(42)31(28)41)33-36-37-34(45-33)44-19-24-8-4-5-9-27(24)35/h2-17,29,39-40H,18-19H2,1H3/b30-28+. The topological polar surface area (TPSA) is 113 Å². The van der Waals surface area contributed by atoms with Crippen molar-refractivity contribution in [2.45, 2.75) is 29.7 Å². The van der Waals surface area contributed by atoms with Gasteiger partial charge in [-0.15, -0.1) is 10.2 Å². The minimum atomic E-state index is -1.04. The predicted molar refractivity (Wildman–Crippen MR) is 171 cm³/mol. The molecule has 1 saturated heterocycles. The number of carbonyl (C=O) groups is 2. The number of rotatable bonds is 9. The molecule has 0 aliphatic carbocycles. The molecule has 1 aliphatic heterocycles. The Morgan fingerprint density at radius 3 is 2.33 bits per heavy atom. The molecule has 1 fully saturated rings. The smallest absolute Gasteiger partial charge is 0.301 e. The highest BCUT2D eigenvalue weighted by Crippen LogP contribution is 2.44. The molecule has 0 saturated carbocycles. The molecule has 1 unspecified atom stereocenters. The number of anilines is 1. The SMILES string of the molecule is Cc1ccccc1COc1ccc(/C(O)=C2\C(=O)C(=O)N(c3nnc(SCc4ccccc4F)s3)C2c2ccc(O)cc2)cc1. The summed E-state index contributed by atoms with van der Waals surface area (Å²) in [5, 5.41) is 29.8. The van der Waals surface area contributed by atoms with Crippen LogP contribution in [-0.2, 0) is 21.9 Å². The van der Waals surface area contributed by atoms with Crippen LogP contribution < -0.4 is 9.64 Å². The number of aromatic nitrogens is 2. The Morgan fingerprint density at radius 1 is 0.933 bits per heavy atom. The number of aliphatic hydroxyl groups excluding tert-OH is 1. The van der Waals surface area contributed by atoms with E-state index < -0.39 is 17.7 Å². The number of hydrogen-bond acceptors (Lipinski definition) is 9. The predicted octanol–water partition coefficient (Wildman–Crippen LogP) is 7.19. The lowest BCUT2D eigenvalue weighted by Crippen LogP contribution is -2.29. The highest BCUT2D eigenvalue weighted by Gasteiger charge is 2.48. The van der Waals surface area contributed by atoms with Crippen LogP contribution in [0.25, 0.3) is 5.76 Å². The fourth-order valence-electron chi connectivity index (χ4n) is 4.91. The summed E-state index contributed by atoms with van der Waals surface area (Å²) in [7, 11) is 0. The quantitative estimate of drug-likeness (QED) is 0.0573. The van der Waals surface area contributed by atoms with Crippen LogP contribution in [0.3, 0.4) is 0 Å². The van der Waals surface area contributed by atoms with Gasteiger partial charge in [0.15, 0.2) is 4.34 Å². The molecule has 6 rings (SSSR count). The number of Topliss-reactive ketones (excluding diaryl/α,β-unsaturated/α-hetero) is 1. The highest BCUT2D eigenvalue weighted by atomic mass is 32.2. The number of hydrogen-bond donors (Lipinski definition) is 2. The normalized spacial score (nSPS) is 15.9. The molecule has 0 bridgehead atoms. The third kappa shape index (κ3) is 6.31. The van der Waals surface area contributed by atoms with Crippen molar-refractivity contribution in [3.63, 3.8) is 0 Å². The van der Waals surface area contributed by atoms with E-state index in [4.69, 9.17) is 4.74 Å². The van der Waals surface area contributed by atoms with Crippen LogP contribution >= 0.6 is 23.1 Å². The number of ether oxygens (including phenoxy) is 1. The van der Waals surface area contributed by atoms with Gasteiger partial charge in [-0.05, 0) is 71.6 Å². The van der Waals surface area contributed by atoms with E-state index in [1.165, 1.54) is 34.9 Å². The summed E-state index contributed by atoms with van der Waals surface area (Å²) in [6.07, 6.45) is 0. The van der Waals surface area contributed by atoms with Gasteiger partial charge in [-0.25, -0.2) is 4.39 Å². The zero-order chi connectivity index (χ0) is 31.5. The molecular formula is C34H26FN3O5S2. The number of aromatic hydroxyl groups is 1. The van der Waals surface area contributed by atoms with Crippen molar-refractivity contribution in [1.29, 1.82) is 0 Å². The number of carbonyl (C=O) groups excluding carboxylic acids is 2. The Balaban J connectivity index is 1.30. The minimum absolute atomic E-state index is 0.000248. The maximum Gasteiger partial charge on any atom is 0.301 e. The second-order valence-electron chi connectivity index (χ2n) is 10.2. The van der Waals surface area contributed by atoms with E-state index in [-0.39, 0.29) is 28.0 Å². The first kappa shape index (κ1) is 30.0. The molecule has 2 heterocycles. The van der Waals surface area contributed by atoms with Crippen molar-refractivity contribution >= 4 is 45.7 Å². The summed E-state index contributed by atoms with van der Waals surface area (Å²) >= 11 is 2.33. The molecule has 226 valence electrons. The van der Waals surface area contributed by atoms with E-state index in [0.717, 1.165) is 22.5 Å². The number of ketones is 1. The molecule has 0 spiro atoms. The third-order valence-electron chi connectivity index (χ3n) is 7.35. The van der Waals surface area contributed by atoms with Crippen LogP contribution in [0.15, 0.2) is 107 Å². The van der Waals surface area contributed by atoms with Crippen LogP contribution in [0.2, 0.25) is 0 Å². The van der Waals surface area contributed by atoms with Gasteiger partial charge in [0.05, 0.1) is 11.6 Å². The first-order valence-electron chi connectivity index (χ1n) is 13.9. The number of phenols is 1. The van der Waals surface area contributed by atoms with Gasteiger partial charge in [0.2, 0.25) is 5.13 Å². The molecule has 11 heteroatoms. The van der Waals surface area contributed by atoms with Crippen LogP contribution in [0.4, 0.5) is 9.52 Å². The number of aliphatic hydroxyl groups is 1. The van der Waals surface area contributed by atoms with Crippen LogP contribution in [0.5, 0.6) is 11.5 Å². The first-order valence-corrected chi connectivity index (χ1v) is 15.7. The average molecular weight is 640 g/mol. The van der Waals surface area contributed by atoms with Crippen LogP contribution in [0, 0.1) is 12.7 Å². The minimum Gasteiger partial charge on any atom is -0.508 e. The number of nitrogens with zero attached hydrogens (tertiary/aromatic N) is 3. The number of benzene rings is 4. The molecule has 45 heavy (non-hydrogen) atoms. The molecule has 0 radical (unpaired) electrons. The van der Waals surface area contributed by atoms with Gasteiger partial charge in [-0.1, -0.05) is 77.7 Å². The summed E-state index contributed by atoms with van der Waals surface area (Å²) in [6.45, 7) is 2.37. The third-order valence-corrected chi connectivity index (χ3v) is 9.45. The van der Waals surface area contributed by atoms with Crippen molar-refractivity contribution in [1.82, 2.24) is 10.2 Å². The molecule has 1 aliphatic rings. The monoisotopic (exact) mass is 639 g/mol. The van der Waals surface area contributed by atoms with E-state index in [2.05, 4.69) is 10.2 Å². The summed E-state index contributed by atoms with van der Waals surface area (Å²) in [5.74, 6) is -1.60. The maximum absolute atomic E-state index is 14.1. The van der Waals surface area contributed by atoms with Crippen molar-refractivity contribution in [3.8, 4) is 11.5 Å². The Bertz CT molecular complexity index is 1910. The number of thioether (sulfide) groups is 1.